The topological polar surface area (TPSA) is 92.3 Å². The van der Waals surface area contributed by atoms with E-state index in [1.165, 1.54) is 6.08 Å². The highest BCUT2D eigenvalue weighted by atomic mass is 16.5. The van der Waals surface area contributed by atoms with Gasteiger partial charge in [-0.25, -0.2) is 4.79 Å². The molecule has 1 aromatic carbocycles. The first kappa shape index (κ1) is 18.0. The van der Waals surface area contributed by atoms with Crippen LogP contribution in [-0.4, -0.2) is 25.0 Å². The van der Waals surface area contributed by atoms with E-state index in [1.807, 2.05) is 6.07 Å². The van der Waals surface area contributed by atoms with Crippen molar-refractivity contribution in [3.8, 4) is 17.4 Å². The van der Waals surface area contributed by atoms with Crippen LogP contribution in [0.1, 0.15) is 30.0 Å². The summed E-state index contributed by atoms with van der Waals surface area (Å²) in [5, 5.41) is 11.6. The fourth-order valence-corrected chi connectivity index (χ4v) is 2.12. The third kappa shape index (κ3) is 4.58. The Balaban J connectivity index is 2.19. The van der Waals surface area contributed by atoms with Gasteiger partial charge in [-0.05, 0) is 38.1 Å². The third-order valence-corrected chi connectivity index (χ3v) is 3.30. The summed E-state index contributed by atoms with van der Waals surface area (Å²) in [6, 6.07) is 12.1. The molecule has 6 heteroatoms. The number of furan rings is 1. The zero-order valence-electron chi connectivity index (χ0n) is 14.0. The number of carbonyl (C=O) groups excluding carboxylic acids is 2. The van der Waals surface area contributed by atoms with Crippen LogP contribution in [0.4, 0.5) is 0 Å². The first-order valence-electron chi connectivity index (χ1n) is 7.86. The van der Waals surface area contributed by atoms with E-state index >= 15 is 0 Å². The van der Waals surface area contributed by atoms with Crippen molar-refractivity contribution in [1.82, 2.24) is 5.32 Å². The average molecular weight is 338 g/mol. The molecule has 0 fully saturated rings. The Morgan fingerprint density at radius 1 is 1.20 bits per heavy atom. The summed E-state index contributed by atoms with van der Waals surface area (Å²) in [6.45, 7) is 4.29. The Bertz CT molecular complexity index is 826. The van der Waals surface area contributed by atoms with Gasteiger partial charge in [0.2, 0.25) is 0 Å². The second-order valence-electron chi connectivity index (χ2n) is 5.03. The molecule has 0 aliphatic carbocycles. The van der Waals surface area contributed by atoms with Gasteiger partial charge < -0.3 is 14.5 Å². The normalized spacial score (nSPS) is 10.8. The third-order valence-electron chi connectivity index (χ3n) is 3.30. The van der Waals surface area contributed by atoms with Crippen LogP contribution in [0.25, 0.3) is 17.4 Å². The summed E-state index contributed by atoms with van der Waals surface area (Å²) < 4.78 is 10.6. The molecular formula is C19H18N2O4. The van der Waals surface area contributed by atoms with Gasteiger partial charge >= 0.3 is 5.97 Å². The Kier molecular flexibility index (Phi) is 6.13. The van der Waals surface area contributed by atoms with Crippen molar-refractivity contribution in [2.45, 2.75) is 13.8 Å². The molecule has 0 saturated carbocycles. The van der Waals surface area contributed by atoms with Gasteiger partial charge in [-0.1, -0.05) is 12.1 Å². The molecule has 0 bridgehead atoms. The van der Waals surface area contributed by atoms with Crippen LogP contribution in [-0.2, 0) is 9.53 Å². The van der Waals surface area contributed by atoms with E-state index in [0.29, 0.717) is 30.2 Å². The average Bonchev–Trinajstić information content (AvgIpc) is 3.09. The number of amides is 1. The highest BCUT2D eigenvalue weighted by molar-refractivity contribution is 6.01. The van der Waals surface area contributed by atoms with Gasteiger partial charge in [0.15, 0.2) is 0 Å². The minimum absolute atomic E-state index is 0.0274. The van der Waals surface area contributed by atoms with E-state index < -0.39 is 5.91 Å². The molecule has 1 aromatic heterocycles. The number of nitrogens with one attached hydrogen (secondary N) is 1. The fraction of sp³-hybridized carbons (Fsp3) is 0.211. The summed E-state index contributed by atoms with van der Waals surface area (Å²) in [5.74, 6) is 0.140. The molecule has 0 unspecified atom stereocenters. The quantitative estimate of drug-likeness (QED) is 0.496. The minimum atomic E-state index is -0.443. The molecule has 1 heterocycles. The van der Waals surface area contributed by atoms with Crippen molar-refractivity contribution in [3.63, 3.8) is 0 Å². The number of rotatable bonds is 6. The number of hydrogen-bond donors (Lipinski definition) is 1. The van der Waals surface area contributed by atoms with E-state index in [-0.39, 0.29) is 11.5 Å². The van der Waals surface area contributed by atoms with Crippen LogP contribution in [0.3, 0.4) is 0 Å². The summed E-state index contributed by atoms with van der Waals surface area (Å²) in [7, 11) is 0. The van der Waals surface area contributed by atoms with Gasteiger partial charge in [-0.2, -0.15) is 5.26 Å². The molecule has 0 spiro atoms. The lowest BCUT2D eigenvalue weighted by atomic mass is 10.1. The number of likely N-dealkylation sites (N-methyl/N-ethyl adjacent to an activating group) is 1. The maximum absolute atomic E-state index is 11.7. The Labute approximate surface area is 145 Å². The van der Waals surface area contributed by atoms with Crippen LogP contribution in [0.2, 0.25) is 0 Å². The lowest BCUT2D eigenvalue weighted by Gasteiger charge is -2.02. The van der Waals surface area contributed by atoms with E-state index in [9.17, 15) is 9.59 Å². The predicted octanol–water partition coefficient (Wildman–Crippen LogP) is 3.17. The minimum Gasteiger partial charge on any atom is -0.462 e. The zero-order valence-corrected chi connectivity index (χ0v) is 14.0. The van der Waals surface area contributed by atoms with Crippen molar-refractivity contribution < 1.29 is 18.7 Å². The second-order valence-corrected chi connectivity index (χ2v) is 5.03. The molecule has 0 aliphatic heterocycles. The molecule has 0 saturated heterocycles. The highest BCUT2D eigenvalue weighted by Crippen LogP contribution is 2.24. The predicted molar refractivity (Wildman–Crippen MR) is 92.4 cm³/mol. The summed E-state index contributed by atoms with van der Waals surface area (Å²) in [4.78, 5) is 23.4. The van der Waals surface area contributed by atoms with Crippen molar-refractivity contribution in [1.29, 1.82) is 5.26 Å². The first-order chi connectivity index (χ1) is 12.1. The Morgan fingerprint density at radius 2 is 1.92 bits per heavy atom. The van der Waals surface area contributed by atoms with Gasteiger partial charge in [0, 0.05) is 18.2 Å². The van der Waals surface area contributed by atoms with E-state index in [0.717, 1.165) is 5.56 Å². The van der Waals surface area contributed by atoms with Crippen LogP contribution in [0.5, 0.6) is 0 Å². The molecule has 6 nitrogen and oxygen atoms in total. The number of nitriles is 1. The number of hydrogen-bond acceptors (Lipinski definition) is 5. The highest BCUT2D eigenvalue weighted by Gasteiger charge is 2.11. The number of benzene rings is 1. The lowest BCUT2D eigenvalue weighted by Crippen LogP contribution is -2.23. The van der Waals surface area contributed by atoms with Crippen molar-refractivity contribution in [3.05, 3.63) is 53.3 Å². The van der Waals surface area contributed by atoms with Crippen molar-refractivity contribution >= 4 is 18.0 Å². The van der Waals surface area contributed by atoms with E-state index in [4.69, 9.17) is 14.4 Å². The SMILES string of the molecule is CCNC(=O)C(C#N)=Cc1ccc(-c2ccc(C(=O)OCC)cc2)o1. The van der Waals surface area contributed by atoms with Crippen molar-refractivity contribution in [2.24, 2.45) is 0 Å². The molecule has 2 aromatic rings. The molecule has 25 heavy (non-hydrogen) atoms. The van der Waals surface area contributed by atoms with Crippen LogP contribution in [0, 0.1) is 11.3 Å². The molecule has 0 atom stereocenters. The molecule has 0 aliphatic rings. The van der Waals surface area contributed by atoms with Crippen LogP contribution < -0.4 is 5.32 Å². The smallest absolute Gasteiger partial charge is 0.338 e. The molecule has 0 radical (unpaired) electrons. The maximum atomic E-state index is 11.7. The molecule has 1 amide bonds. The van der Waals surface area contributed by atoms with E-state index in [2.05, 4.69) is 5.32 Å². The lowest BCUT2D eigenvalue weighted by molar-refractivity contribution is -0.116. The van der Waals surface area contributed by atoms with Gasteiger partial charge in [0.1, 0.15) is 23.2 Å². The number of nitrogens with zero attached hydrogens (tertiary/aromatic N) is 1. The largest absolute Gasteiger partial charge is 0.462 e. The molecule has 1 N–H and O–H groups in total. The van der Waals surface area contributed by atoms with Gasteiger partial charge in [0.05, 0.1) is 12.2 Å². The van der Waals surface area contributed by atoms with Gasteiger partial charge in [-0.15, -0.1) is 0 Å². The molecule has 2 rings (SSSR count). The Morgan fingerprint density at radius 3 is 2.52 bits per heavy atom. The zero-order chi connectivity index (χ0) is 18.2. The summed E-state index contributed by atoms with van der Waals surface area (Å²) in [6.07, 6.45) is 1.39. The Hall–Kier alpha value is -3.33. The van der Waals surface area contributed by atoms with Crippen molar-refractivity contribution in [2.75, 3.05) is 13.2 Å². The first-order valence-corrected chi connectivity index (χ1v) is 7.86. The van der Waals surface area contributed by atoms with Crippen LogP contribution in [0.15, 0.2) is 46.4 Å². The number of carbonyl (C=O) groups is 2. The van der Waals surface area contributed by atoms with Gasteiger partial charge in [-0.3, -0.25) is 4.79 Å². The van der Waals surface area contributed by atoms with E-state index in [1.54, 1.807) is 50.2 Å². The van der Waals surface area contributed by atoms with Crippen LogP contribution >= 0.6 is 0 Å². The van der Waals surface area contributed by atoms with Gasteiger partial charge in [0.25, 0.3) is 5.91 Å². The second kappa shape index (κ2) is 8.50. The number of ether oxygens (including phenoxy) is 1. The molecular weight excluding hydrogens is 320 g/mol. The summed E-state index contributed by atoms with van der Waals surface area (Å²) >= 11 is 0. The standard InChI is InChI=1S/C19H18N2O4/c1-3-21-18(22)15(12-20)11-16-9-10-17(25-16)13-5-7-14(8-6-13)19(23)24-4-2/h5-11H,3-4H2,1-2H3,(H,21,22). The number of esters is 1. The maximum Gasteiger partial charge on any atom is 0.338 e. The fourth-order valence-electron chi connectivity index (χ4n) is 2.12. The monoisotopic (exact) mass is 338 g/mol. The molecule has 128 valence electrons. The summed E-state index contributed by atoms with van der Waals surface area (Å²) in [5.41, 5.74) is 1.20.